The summed E-state index contributed by atoms with van der Waals surface area (Å²) >= 11 is 0. The number of ether oxygens (including phenoxy) is 3. The number of nitrogens with one attached hydrogen (secondary N) is 1. The van der Waals surface area contributed by atoms with Crippen LogP contribution in [0.1, 0.15) is 17.3 Å². The Morgan fingerprint density at radius 2 is 1.82 bits per heavy atom. The molecule has 39 heavy (non-hydrogen) atoms. The lowest BCUT2D eigenvalue weighted by molar-refractivity contribution is 0.0763. The third-order valence-corrected chi connectivity index (χ3v) is 6.50. The van der Waals surface area contributed by atoms with Gasteiger partial charge in [-0.3, -0.25) is 15.2 Å². The summed E-state index contributed by atoms with van der Waals surface area (Å²) in [4.78, 5) is 19.5. The van der Waals surface area contributed by atoms with E-state index in [-0.39, 0.29) is 5.91 Å². The highest BCUT2D eigenvalue weighted by molar-refractivity contribution is 5.95. The van der Waals surface area contributed by atoms with Crippen LogP contribution in [-0.4, -0.2) is 55.3 Å². The van der Waals surface area contributed by atoms with Crippen molar-refractivity contribution in [1.82, 2.24) is 15.4 Å². The number of benzene rings is 3. The van der Waals surface area contributed by atoms with Crippen molar-refractivity contribution in [3.63, 3.8) is 0 Å². The van der Waals surface area contributed by atoms with Crippen molar-refractivity contribution in [3.05, 3.63) is 84.6 Å². The molecule has 198 valence electrons. The molecule has 0 aliphatic carbocycles. The van der Waals surface area contributed by atoms with Gasteiger partial charge in [0.25, 0.3) is 5.91 Å². The van der Waals surface area contributed by atoms with Crippen LogP contribution in [0.4, 0.5) is 5.69 Å². The summed E-state index contributed by atoms with van der Waals surface area (Å²) in [5, 5.41) is 12.7. The molecule has 0 radical (unpaired) electrons. The Morgan fingerprint density at radius 3 is 2.54 bits per heavy atom. The molecule has 3 aromatic carbocycles. The van der Waals surface area contributed by atoms with Crippen LogP contribution < -0.4 is 24.5 Å². The summed E-state index contributed by atoms with van der Waals surface area (Å²) in [6, 6.07) is 24.0. The number of amides is 1. The van der Waals surface area contributed by atoms with Crippen molar-refractivity contribution in [3.8, 4) is 29.1 Å². The number of nitriles is 1. The summed E-state index contributed by atoms with van der Waals surface area (Å²) in [5.74, 6) is 2.36. The highest BCUT2D eigenvalue weighted by atomic mass is 16.5. The molecule has 9 heteroatoms. The first kappa shape index (κ1) is 25.8. The fourth-order valence-corrected chi connectivity index (χ4v) is 4.61. The van der Waals surface area contributed by atoms with Crippen molar-refractivity contribution in [2.45, 2.75) is 13.0 Å². The molecule has 1 atom stereocenters. The zero-order valence-electron chi connectivity index (χ0n) is 21.8. The monoisotopic (exact) mass is 523 g/mol. The standard InChI is InChI=1S/C30H29N5O4/c1-3-38-29-18-26-25(17-28(29)37-2)27(13-14-32-26)35-16-15-34(20-22(35)19-31)33-30(36)21-9-11-24(12-10-21)39-23-7-5-4-6-8-23/h4-14,17-18,22H,3,15-16,20H2,1-2H3,(H,33,36). The summed E-state index contributed by atoms with van der Waals surface area (Å²) in [6.07, 6.45) is 1.73. The highest BCUT2D eigenvalue weighted by Gasteiger charge is 2.29. The topological polar surface area (TPSA) is 100.0 Å². The molecule has 1 saturated heterocycles. The molecule has 0 bridgehead atoms. The Hall–Kier alpha value is -4.81. The molecule has 1 aliphatic heterocycles. The van der Waals surface area contributed by atoms with Gasteiger partial charge in [-0.25, -0.2) is 5.01 Å². The summed E-state index contributed by atoms with van der Waals surface area (Å²) in [5.41, 5.74) is 5.08. The number of carbonyl (C=O) groups excluding carboxylic acids is 1. The smallest absolute Gasteiger partial charge is 0.265 e. The molecule has 1 unspecified atom stereocenters. The maximum atomic E-state index is 12.9. The lowest BCUT2D eigenvalue weighted by Crippen LogP contribution is -2.58. The van der Waals surface area contributed by atoms with Crippen molar-refractivity contribution < 1.29 is 19.0 Å². The van der Waals surface area contributed by atoms with Crippen LogP contribution in [-0.2, 0) is 0 Å². The number of hydrogen-bond donors (Lipinski definition) is 1. The average molecular weight is 524 g/mol. The number of piperazine rings is 1. The molecule has 1 amide bonds. The van der Waals surface area contributed by atoms with Crippen LogP contribution in [0.25, 0.3) is 10.9 Å². The van der Waals surface area contributed by atoms with E-state index in [1.165, 1.54) is 0 Å². The number of hydrogen-bond acceptors (Lipinski definition) is 8. The second-order valence-electron chi connectivity index (χ2n) is 8.95. The van der Waals surface area contributed by atoms with Crippen molar-refractivity contribution >= 4 is 22.5 Å². The van der Waals surface area contributed by atoms with Gasteiger partial charge in [-0.1, -0.05) is 18.2 Å². The lowest BCUT2D eigenvalue weighted by Gasteiger charge is -2.39. The SMILES string of the molecule is CCOc1cc2nccc(N3CCN(NC(=O)c4ccc(Oc5ccccc5)cc4)CC3C#N)c2cc1OC. The Morgan fingerprint density at radius 1 is 1.05 bits per heavy atom. The molecule has 2 heterocycles. The molecule has 9 nitrogen and oxygen atoms in total. The van der Waals surface area contributed by atoms with E-state index in [1.54, 1.807) is 42.6 Å². The van der Waals surface area contributed by atoms with Gasteiger partial charge in [-0.2, -0.15) is 5.26 Å². The highest BCUT2D eigenvalue weighted by Crippen LogP contribution is 2.37. The van der Waals surface area contributed by atoms with Crippen molar-refractivity contribution in [2.24, 2.45) is 0 Å². The largest absolute Gasteiger partial charge is 0.493 e. The van der Waals surface area contributed by atoms with Crippen molar-refractivity contribution in [2.75, 3.05) is 38.3 Å². The number of fused-ring (bicyclic) bond motifs is 1. The van der Waals surface area contributed by atoms with Crippen LogP contribution in [0.3, 0.4) is 0 Å². The predicted molar refractivity (Wildman–Crippen MR) is 148 cm³/mol. The first-order valence-corrected chi connectivity index (χ1v) is 12.7. The number of carbonyl (C=O) groups is 1. The van der Waals surface area contributed by atoms with E-state index in [2.05, 4.69) is 16.5 Å². The van der Waals surface area contributed by atoms with Gasteiger partial charge in [-0.05, 0) is 55.5 Å². The quantitative estimate of drug-likeness (QED) is 0.352. The van der Waals surface area contributed by atoms with Gasteiger partial charge in [0.15, 0.2) is 11.5 Å². The molecule has 1 aliphatic rings. The number of anilines is 1. The molecule has 1 fully saturated rings. The van der Waals surface area contributed by atoms with Crippen LogP contribution in [0, 0.1) is 11.3 Å². The molecule has 1 aromatic heterocycles. The van der Waals surface area contributed by atoms with Gasteiger partial charge >= 0.3 is 0 Å². The Kier molecular flexibility index (Phi) is 7.75. The fourth-order valence-electron chi connectivity index (χ4n) is 4.61. The average Bonchev–Trinajstić information content (AvgIpc) is 2.97. The van der Waals surface area contributed by atoms with Gasteiger partial charge in [-0.15, -0.1) is 0 Å². The van der Waals surface area contributed by atoms with E-state index >= 15 is 0 Å². The molecular formula is C30H29N5O4. The molecular weight excluding hydrogens is 494 g/mol. The molecule has 1 N–H and O–H groups in total. The maximum absolute atomic E-state index is 12.9. The number of pyridine rings is 1. The second-order valence-corrected chi connectivity index (χ2v) is 8.95. The number of methoxy groups -OCH3 is 1. The van der Waals surface area contributed by atoms with Gasteiger partial charge in [0.2, 0.25) is 0 Å². The van der Waals surface area contributed by atoms with Crippen LogP contribution in [0.5, 0.6) is 23.0 Å². The number of nitrogens with zero attached hydrogens (tertiary/aromatic N) is 4. The summed E-state index contributed by atoms with van der Waals surface area (Å²) in [6.45, 7) is 3.85. The maximum Gasteiger partial charge on any atom is 0.265 e. The Balaban J connectivity index is 1.27. The number of hydrazine groups is 1. The minimum Gasteiger partial charge on any atom is -0.493 e. The van der Waals surface area contributed by atoms with E-state index in [0.717, 1.165) is 22.3 Å². The summed E-state index contributed by atoms with van der Waals surface area (Å²) < 4.78 is 17.0. The van der Waals surface area contributed by atoms with E-state index in [1.807, 2.05) is 60.4 Å². The number of aromatic nitrogens is 1. The first-order chi connectivity index (χ1) is 19.1. The molecule has 0 spiro atoms. The van der Waals surface area contributed by atoms with Crippen LogP contribution >= 0.6 is 0 Å². The van der Waals surface area contributed by atoms with Gasteiger partial charge in [0, 0.05) is 42.0 Å². The van der Waals surface area contributed by atoms with Crippen molar-refractivity contribution in [1.29, 1.82) is 5.26 Å². The van der Waals surface area contributed by atoms with E-state index in [0.29, 0.717) is 49.1 Å². The normalized spacial score (nSPS) is 15.4. The summed E-state index contributed by atoms with van der Waals surface area (Å²) in [7, 11) is 1.60. The van der Waals surface area contributed by atoms with Gasteiger partial charge < -0.3 is 19.1 Å². The van der Waals surface area contributed by atoms with Crippen LogP contribution in [0.15, 0.2) is 79.0 Å². The zero-order chi connectivity index (χ0) is 27.2. The molecule has 5 rings (SSSR count). The van der Waals surface area contributed by atoms with E-state index < -0.39 is 6.04 Å². The van der Waals surface area contributed by atoms with Crippen LogP contribution in [0.2, 0.25) is 0 Å². The van der Waals surface area contributed by atoms with E-state index in [4.69, 9.17) is 14.2 Å². The fraction of sp³-hybridized carbons (Fsp3) is 0.233. The third-order valence-electron chi connectivity index (χ3n) is 6.50. The third kappa shape index (κ3) is 5.71. The molecule has 4 aromatic rings. The number of rotatable bonds is 8. The Bertz CT molecular complexity index is 1490. The first-order valence-electron chi connectivity index (χ1n) is 12.7. The Labute approximate surface area is 227 Å². The number of para-hydroxylation sites is 1. The second kappa shape index (κ2) is 11.7. The van der Waals surface area contributed by atoms with Gasteiger partial charge in [0.05, 0.1) is 31.8 Å². The lowest BCUT2D eigenvalue weighted by atomic mass is 10.1. The van der Waals surface area contributed by atoms with E-state index in [9.17, 15) is 10.1 Å². The minimum atomic E-state index is -0.483. The van der Waals surface area contributed by atoms with Gasteiger partial charge in [0.1, 0.15) is 17.5 Å². The minimum absolute atomic E-state index is 0.242. The predicted octanol–water partition coefficient (Wildman–Crippen LogP) is 4.79. The molecule has 0 saturated carbocycles. The zero-order valence-corrected chi connectivity index (χ0v) is 21.8.